The maximum atomic E-state index is 2.68. The fraction of sp³-hybridized carbons (Fsp3) is 0.763. The molecule has 0 aromatic carbocycles. The Balaban J connectivity index is 1.34. The molecule has 4 unspecified atom stereocenters. The highest BCUT2D eigenvalue weighted by Gasteiger charge is 2.53. The van der Waals surface area contributed by atoms with Gasteiger partial charge in [-0.3, -0.25) is 0 Å². The van der Waals surface area contributed by atoms with Crippen molar-refractivity contribution in [3.63, 3.8) is 0 Å². The summed E-state index contributed by atoms with van der Waals surface area (Å²) in [5.74, 6) is 1.63. The van der Waals surface area contributed by atoms with Gasteiger partial charge in [-0.2, -0.15) is 0 Å². The van der Waals surface area contributed by atoms with Crippen LogP contribution in [0.3, 0.4) is 0 Å². The van der Waals surface area contributed by atoms with Crippen LogP contribution >= 0.6 is 11.8 Å². The van der Waals surface area contributed by atoms with Crippen molar-refractivity contribution in [3.8, 4) is 0 Å². The summed E-state index contributed by atoms with van der Waals surface area (Å²) in [6.07, 6.45) is 32.3. The lowest BCUT2D eigenvalue weighted by atomic mass is 9.69. The Morgan fingerprint density at radius 3 is 2.15 bits per heavy atom. The highest BCUT2D eigenvalue weighted by molar-refractivity contribution is 8.03. The molecule has 4 fully saturated rings. The van der Waals surface area contributed by atoms with Gasteiger partial charge in [0.15, 0.2) is 11.8 Å². The van der Waals surface area contributed by atoms with E-state index >= 15 is 0 Å². The minimum absolute atomic E-state index is 0.279. The summed E-state index contributed by atoms with van der Waals surface area (Å²) < 4.78 is 2.68. The number of nitrogens with zero attached hydrogens (tertiary/aromatic N) is 2. The predicted octanol–water partition coefficient (Wildman–Crippen LogP) is 10.1. The normalized spacial score (nSPS) is 36.1. The quantitative estimate of drug-likeness (QED) is 0.301. The van der Waals surface area contributed by atoms with Gasteiger partial charge in [-0.05, 0) is 94.8 Å². The van der Waals surface area contributed by atoms with Gasteiger partial charge in [0.1, 0.15) is 7.05 Å². The first-order chi connectivity index (χ1) is 19.7. The van der Waals surface area contributed by atoms with Crippen molar-refractivity contribution in [1.82, 2.24) is 4.90 Å². The summed E-state index contributed by atoms with van der Waals surface area (Å²) in [5, 5.41) is 0.797. The molecule has 4 atom stereocenters. The highest BCUT2D eigenvalue weighted by Crippen LogP contribution is 2.53. The second kappa shape index (κ2) is 12.0. The Labute approximate surface area is 256 Å². The average Bonchev–Trinajstić information content (AvgIpc) is 3.29. The van der Waals surface area contributed by atoms with E-state index in [0.717, 1.165) is 29.2 Å². The van der Waals surface area contributed by atoms with Crippen LogP contribution < -0.4 is 0 Å². The van der Waals surface area contributed by atoms with Crippen LogP contribution in [-0.2, 0) is 0 Å². The summed E-state index contributed by atoms with van der Waals surface area (Å²) in [5.41, 5.74) is 6.96. The van der Waals surface area contributed by atoms with E-state index in [-0.39, 0.29) is 10.8 Å². The van der Waals surface area contributed by atoms with Crippen molar-refractivity contribution in [2.45, 2.75) is 148 Å². The van der Waals surface area contributed by atoms with Gasteiger partial charge in [0.2, 0.25) is 0 Å². The molecule has 3 saturated carbocycles. The molecule has 2 aliphatic heterocycles. The van der Waals surface area contributed by atoms with Crippen LogP contribution in [0.2, 0.25) is 0 Å². The van der Waals surface area contributed by atoms with Gasteiger partial charge in [0, 0.05) is 52.8 Å². The molecular formula is C38H59N2S+. The second-order valence-electron chi connectivity index (χ2n) is 15.6. The number of fused-ring (bicyclic) bond motifs is 2. The molecule has 2 nitrogen and oxygen atoms in total. The first kappa shape index (κ1) is 29.8. The topological polar surface area (TPSA) is 6.25 Å². The summed E-state index contributed by atoms with van der Waals surface area (Å²) in [6, 6.07) is 1.49. The largest absolute Gasteiger partial charge is 0.374 e. The molecule has 4 aliphatic carbocycles. The smallest absolute Gasteiger partial charge is 0.182 e. The van der Waals surface area contributed by atoms with Crippen LogP contribution in [0.1, 0.15) is 130 Å². The van der Waals surface area contributed by atoms with Gasteiger partial charge in [0.25, 0.3) is 0 Å². The molecule has 6 aliphatic rings. The monoisotopic (exact) mass is 575 g/mol. The number of thioether (sulfide) groups is 1. The van der Waals surface area contributed by atoms with Crippen molar-refractivity contribution in [1.29, 1.82) is 0 Å². The zero-order chi connectivity index (χ0) is 28.8. The van der Waals surface area contributed by atoms with Crippen molar-refractivity contribution in [3.05, 3.63) is 46.1 Å². The van der Waals surface area contributed by atoms with E-state index in [9.17, 15) is 0 Å². The van der Waals surface area contributed by atoms with E-state index in [0.29, 0.717) is 0 Å². The van der Waals surface area contributed by atoms with Gasteiger partial charge < -0.3 is 4.90 Å². The lowest BCUT2D eigenvalue weighted by Crippen LogP contribution is -2.34. The maximum Gasteiger partial charge on any atom is 0.182 e. The minimum atomic E-state index is 0.279. The molecule has 0 spiro atoms. The SMILES string of the molecule is CN1/C(=C/C=C2\CCCC(/C=C/C3=[N+](C)C4CCCCC4C3(C)C)=C2SC2CCCCC2)C(C)(C)C2CCCCC21. The molecule has 0 aromatic heterocycles. The zero-order valence-corrected chi connectivity index (χ0v) is 28.1. The minimum Gasteiger partial charge on any atom is -0.374 e. The third-order valence-corrected chi connectivity index (χ3v) is 14.1. The number of hydrogen-bond donors (Lipinski definition) is 0. The van der Waals surface area contributed by atoms with Gasteiger partial charge >= 0.3 is 0 Å². The van der Waals surface area contributed by atoms with Gasteiger partial charge in [-0.25, -0.2) is 4.58 Å². The fourth-order valence-electron chi connectivity index (χ4n) is 10.2. The van der Waals surface area contributed by atoms with Crippen LogP contribution in [-0.4, -0.2) is 46.6 Å². The van der Waals surface area contributed by atoms with Crippen molar-refractivity contribution in [2.75, 3.05) is 14.1 Å². The van der Waals surface area contributed by atoms with E-state index in [1.807, 2.05) is 0 Å². The average molecular weight is 576 g/mol. The molecule has 0 aromatic rings. The number of rotatable bonds is 5. The van der Waals surface area contributed by atoms with Crippen LogP contribution in [0.5, 0.6) is 0 Å². The first-order valence-electron chi connectivity index (χ1n) is 17.5. The van der Waals surface area contributed by atoms with E-state index in [1.54, 1.807) is 27.5 Å². The Morgan fingerprint density at radius 2 is 1.41 bits per heavy atom. The summed E-state index contributed by atoms with van der Waals surface area (Å²) >= 11 is 2.26. The third kappa shape index (κ3) is 5.60. The molecule has 1 saturated heterocycles. The summed E-state index contributed by atoms with van der Waals surface area (Å²) in [6.45, 7) is 10.1. The van der Waals surface area contributed by atoms with E-state index in [1.165, 1.54) is 103 Å². The molecule has 41 heavy (non-hydrogen) atoms. The Hall–Kier alpha value is -1.22. The van der Waals surface area contributed by atoms with Crippen LogP contribution in [0, 0.1) is 22.7 Å². The van der Waals surface area contributed by atoms with Crippen LogP contribution in [0.4, 0.5) is 0 Å². The number of allylic oxidation sites excluding steroid dienone is 7. The maximum absolute atomic E-state index is 2.68. The molecule has 0 radical (unpaired) electrons. The van der Waals surface area contributed by atoms with Crippen molar-refractivity contribution in [2.24, 2.45) is 22.7 Å². The van der Waals surface area contributed by atoms with Crippen molar-refractivity contribution >= 4 is 17.5 Å². The lowest BCUT2D eigenvalue weighted by molar-refractivity contribution is -0.538. The van der Waals surface area contributed by atoms with Crippen LogP contribution in [0.25, 0.3) is 0 Å². The molecule has 3 heteroatoms. The van der Waals surface area contributed by atoms with E-state index in [4.69, 9.17) is 0 Å². The standard InChI is InChI=1S/C38H59N2S/c1-37(2)30-19-10-12-21-32(30)39(5)34(37)25-23-27-15-14-16-28(36(27)41-29-17-8-7-9-18-29)24-26-35-38(3,4)31-20-11-13-22-33(31)40(35)6/h23-26,29-33H,7-22H2,1-6H3/q+1. The Bertz CT molecular complexity index is 1140. The molecule has 0 N–H and O–H groups in total. The van der Waals surface area contributed by atoms with Gasteiger partial charge in [-0.15, -0.1) is 11.8 Å². The first-order valence-corrected chi connectivity index (χ1v) is 18.4. The fourth-order valence-corrected chi connectivity index (χ4v) is 11.8. The number of hydrogen-bond acceptors (Lipinski definition) is 2. The van der Waals surface area contributed by atoms with E-state index < -0.39 is 0 Å². The Morgan fingerprint density at radius 1 is 0.732 bits per heavy atom. The zero-order valence-electron chi connectivity index (χ0n) is 27.3. The molecule has 2 heterocycles. The van der Waals surface area contributed by atoms with Crippen molar-refractivity contribution < 1.29 is 4.58 Å². The van der Waals surface area contributed by atoms with Gasteiger partial charge in [0.05, 0.1) is 5.41 Å². The molecular weight excluding hydrogens is 516 g/mol. The molecule has 6 rings (SSSR count). The van der Waals surface area contributed by atoms with Crippen LogP contribution in [0.15, 0.2) is 46.1 Å². The van der Waals surface area contributed by atoms with Gasteiger partial charge in [-0.1, -0.05) is 64.5 Å². The Kier molecular flexibility index (Phi) is 8.77. The summed E-state index contributed by atoms with van der Waals surface area (Å²) in [4.78, 5) is 4.32. The number of likely N-dealkylation sites (tertiary alicyclic amines) is 1. The molecule has 0 bridgehead atoms. The lowest BCUT2D eigenvalue weighted by Gasteiger charge is -2.33. The second-order valence-corrected chi connectivity index (χ2v) is 16.9. The third-order valence-electron chi connectivity index (χ3n) is 12.6. The molecule has 226 valence electrons. The highest BCUT2D eigenvalue weighted by atomic mass is 32.2. The summed E-state index contributed by atoms with van der Waals surface area (Å²) in [7, 11) is 4.78. The molecule has 0 amide bonds. The van der Waals surface area contributed by atoms with E-state index in [2.05, 4.69) is 87.3 Å². The predicted molar refractivity (Wildman–Crippen MR) is 179 cm³/mol.